The maximum absolute atomic E-state index is 9.61. The van der Waals surface area contributed by atoms with Crippen molar-refractivity contribution in [3.05, 3.63) is 0 Å². The van der Waals surface area contributed by atoms with Gasteiger partial charge in [0.25, 0.3) is 0 Å². The van der Waals surface area contributed by atoms with E-state index in [9.17, 15) is 20.4 Å². The SMILES string of the molecule is C#CC[C@]1(CO)O[C@H](O)[C@@H](O)[C@@H](O)[C@@H]1O. The van der Waals surface area contributed by atoms with E-state index in [0.717, 1.165) is 0 Å². The highest BCUT2D eigenvalue weighted by atomic mass is 16.6. The molecule has 0 amide bonds. The second-order valence-electron chi connectivity index (χ2n) is 3.54. The monoisotopic (exact) mass is 218 g/mol. The molecule has 1 heterocycles. The van der Waals surface area contributed by atoms with Crippen molar-refractivity contribution in [2.24, 2.45) is 0 Å². The van der Waals surface area contributed by atoms with Crippen molar-refractivity contribution < 1.29 is 30.3 Å². The van der Waals surface area contributed by atoms with E-state index in [-0.39, 0.29) is 6.42 Å². The van der Waals surface area contributed by atoms with Crippen LogP contribution in [0.4, 0.5) is 0 Å². The number of rotatable bonds is 2. The molecule has 0 spiro atoms. The number of hydrogen-bond acceptors (Lipinski definition) is 6. The van der Waals surface area contributed by atoms with Crippen LogP contribution in [0.2, 0.25) is 0 Å². The molecule has 1 fully saturated rings. The number of aliphatic hydroxyl groups is 5. The lowest BCUT2D eigenvalue weighted by Crippen LogP contribution is -2.65. The fourth-order valence-corrected chi connectivity index (χ4v) is 1.55. The molecule has 0 radical (unpaired) electrons. The van der Waals surface area contributed by atoms with Gasteiger partial charge in [-0.2, -0.15) is 0 Å². The van der Waals surface area contributed by atoms with Gasteiger partial charge >= 0.3 is 0 Å². The maximum atomic E-state index is 9.61. The lowest BCUT2D eigenvalue weighted by Gasteiger charge is -2.45. The minimum atomic E-state index is -1.69. The van der Waals surface area contributed by atoms with Crippen LogP contribution in [0, 0.1) is 12.3 Å². The summed E-state index contributed by atoms with van der Waals surface area (Å²) in [6, 6.07) is 0. The Morgan fingerprint density at radius 1 is 1.20 bits per heavy atom. The summed E-state index contributed by atoms with van der Waals surface area (Å²) < 4.78 is 4.86. The molecule has 0 aliphatic carbocycles. The number of aliphatic hydroxyl groups excluding tert-OH is 5. The zero-order chi connectivity index (χ0) is 11.6. The Hall–Kier alpha value is -0.680. The van der Waals surface area contributed by atoms with Crippen molar-refractivity contribution in [2.75, 3.05) is 6.61 Å². The lowest BCUT2D eigenvalue weighted by atomic mass is 9.85. The highest BCUT2D eigenvalue weighted by Crippen LogP contribution is 2.31. The van der Waals surface area contributed by atoms with Gasteiger partial charge in [0.2, 0.25) is 0 Å². The van der Waals surface area contributed by atoms with Crippen molar-refractivity contribution in [3.8, 4) is 12.3 Å². The third-order valence-electron chi connectivity index (χ3n) is 2.53. The zero-order valence-electron chi connectivity index (χ0n) is 7.95. The quantitative estimate of drug-likeness (QED) is 0.320. The second-order valence-corrected chi connectivity index (χ2v) is 3.54. The van der Waals surface area contributed by atoms with Crippen LogP contribution in [0.25, 0.3) is 0 Å². The Kier molecular flexibility index (Phi) is 3.67. The van der Waals surface area contributed by atoms with Crippen molar-refractivity contribution in [1.29, 1.82) is 0 Å². The van der Waals surface area contributed by atoms with E-state index in [4.69, 9.17) is 16.3 Å². The summed E-state index contributed by atoms with van der Waals surface area (Å²) in [7, 11) is 0. The molecule has 6 heteroatoms. The molecule has 0 aromatic carbocycles. The number of terminal acetylenes is 1. The molecular formula is C9H14O6. The molecule has 15 heavy (non-hydrogen) atoms. The van der Waals surface area contributed by atoms with Gasteiger partial charge in [0, 0.05) is 6.42 Å². The van der Waals surface area contributed by atoms with E-state index in [1.807, 2.05) is 0 Å². The predicted octanol–water partition coefficient (Wildman–Crippen LogP) is -2.83. The molecule has 0 saturated carbocycles. The van der Waals surface area contributed by atoms with Crippen LogP contribution in [0.15, 0.2) is 0 Å². The molecule has 0 unspecified atom stereocenters. The van der Waals surface area contributed by atoms with Crippen LogP contribution < -0.4 is 0 Å². The standard InChI is InChI=1S/C9H14O6/c1-2-3-9(4-10)7(13)5(11)6(12)8(14)15-9/h1,5-8,10-14H,3-4H2/t5-,6+,7+,8+,9-/m1/s1. The van der Waals surface area contributed by atoms with Crippen molar-refractivity contribution in [1.82, 2.24) is 0 Å². The van der Waals surface area contributed by atoms with Crippen LogP contribution in [-0.2, 0) is 4.74 Å². The molecule has 1 aliphatic rings. The average molecular weight is 218 g/mol. The number of hydrogen-bond donors (Lipinski definition) is 5. The summed E-state index contributed by atoms with van der Waals surface area (Å²) >= 11 is 0. The molecule has 0 bridgehead atoms. The first kappa shape index (κ1) is 12.4. The van der Waals surface area contributed by atoms with Gasteiger partial charge in [0.05, 0.1) is 6.61 Å². The molecule has 1 saturated heterocycles. The molecule has 5 N–H and O–H groups in total. The van der Waals surface area contributed by atoms with Crippen LogP contribution in [-0.4, -0.2) is 62.3 Å². The Labute approximate surface area is 86.7 Å². The molecule has 1 rings (SSSR count). The van der Waals surface area contributed by atoms with Gasteiger partial charge in [-0.25, -0.2) is 0 Å². The van der Waals surface area contributed by atoms with E-state index < -0.39 is 36.8 Å². The second kappa shape index (κ2) is 4.45. The molecule has 1 aliphatic heterocycles. The summed E-state index contributed by atoms with van der Waals surface area (Å²) in [5, 5.41) is 46.5. The Bertz CT molecular complexity index is 262. The highest BCUT2D eigenvalue weighted by molar-refractivity contribution is 5.06. The van der Waals surface area contributed by atoms with Gasteiger partial charge in [0.1, 0.15) is 23.9 Å². The first-order valence-electron chi connectivity index (χ1n) is 4.43. The van der Waals surface area contributed by atoms with Gasteiger partial charge in [-0.1, -0.05) is 0 Å². The van der Waals surface area contributed by atoms with Gasteiger partial charge in [0.15, 0.2) is 6.29 Å². The first-order valence-corrected chi connectivity index (χ1v) is 4.43. The van der Waals surface area contributed by atoms with Gasteiger partial charge in [-0.05, 0) is 0 Å². The Balaban J connectivity index is 2.94. The zero-order valence-corrected chi connectivity index (χ0v) is 7.95. The summed E-state index contributed by atoms with van der Waals surface area (Å²) in [5.74, 6) is 2.17. The van der Waals surface area contributed by atoms with Gasteiger partial charge in [-0.3, -0.25) is 0 Å². The molecular weight excluding hydrogens is 204 g/mol. The third kappa shape index (κ3) is 1.99. The van der Waals surface area contributed by atoms with E-state index in [0.29, 0.717) is 0 Å². The van der Waals surface area contributed by atoms with Crippen molar-refractivity contribution in [3.63, 3.8) is 0 Å². The molecule has 6 nitrogen and oxygen atoms in total. The van der Waals surface area contributed by atoms with E-state index in [1.54, 1.807) is 0 Å². The minimum Gasteiger partial charge on any atom is -0.393 e. The topological polar surface area (TPSA) is 110 Å². The molecule has 5 atom stereocenters. The summed E-state index contributed by atoms with van der Waals surface area (Å²) in [4.78, 5) is 0. The average Bonchev–Trinajstić information content (AvgIpc) is 2.23. The fraction of sp³-hybridized carbons (Fsp3) is 0.778. The van der Waals surface area contributed by atoms with Crippen molar-refractivity contribution in [2.45, 2.75) is 36.6 Å². The Morgan fingerprint density at radius 3 is 2.27 bits per heavy atom. The third-order valence-corrected chi connectivity index (χ3v) is 2.53. The highest BCUT2D eigenvalue weighted by Gasteiger charge is 2.52. The van der Waals surface area contributed by atoms with E-state index >= 15 is 0 Å². The smallest absolute Gasteiger partial charge is 0.184 e. The van der Waals surface area contributed by atoms with Gasteiger partial charge in [-0.15, -0.1) is 12.3 Å². The lowest BCUT2D eigenvalue weighted by molar-refractivity contribution is -0.325. The number of ether oxygens (including phenoxy) is 1. The van der Waals surface area contributed by atoms with Crippen LogP contribution in [0.5, 0.6) is 0 Å². The minimum absolute atomic E-state index is 0.189. The fourth-order valence-electron chi connectivity index (χ4n) is 1.55. The summed E-state index contributed by atoms with van der Waals surface area (Å²) in [5.41, 5.74) is -1.63. The largest absolute Gasteiger partial charge is 0.393 e. The van der Waals surface area contributed by atoms with Crippen LogP contribution >= 0.6 is 0 Å². The normalized spacial score (nSPS) is 46.1. The van der Waals surface area contributed by atoms with E-state index in [2.05, 4.69) is 5.92 Å². The molecule has 86 valence electrons. The van der Waals surface area contributed by atoms with Crippen LogP contribution in [0.3, 0.4) is 0 Å². The molecule has 0 aromatic heterocycles. The molecule has 0 aromatic rings. The predicted molar refractivity (Wildman–Crippen MR) is 48.4 cm³/mol. The Morgan fingerprint density at radius 2 is 1.80 bits per heavy atom. The van der Waals surface area contributed by atoms with Gasteiger partial charge < -0.3 is 30.3 Å². The summed E-state index contributed by atoms with van der Waals surface area (Å²) in [6.07, 6.45) is -1.65. The summed E-state index contributed by atoms with van der Waals surface area (Å²) in [6.45, 7) is -0.667. The van der Waals surface area contributed by atoms with Crippen molar-refractivity contribution >= 4 is 0 Å². The van der Waals surface area contributed by atoms with Crippen LogP contribution in [0.1, 0.15) is 6.42 Å². The first-order chi connectivity index (χ1) is 6.98. The maximum Gasteiger partial charge on any atom is 0.184 e. The van der Waals surface area contributed by atoms with E-state index in [1.165, 1.54) is 0 Å².